The molecule has 0 saturated carbocycles. The number of hydrogen-bond donors (Lipinski definition) is 0. The van der Waals surface area contributed by atoms with E-state index in [-0.39, 0.29) is 0 Å². The first-order valence-corrected chi connectivity index (χ1v) is 4.36. The molecule has 0 bridgehead atoms. The van der Waals surface area contributed by atoms with E-state index in [2.05, 4.69) is 0 Å². The Hall–Kier alpha value is -1.90. The van der Waals surface area contributed by atoms with Crippen molar-refractivity contribution in [3.8, 4) is 11.5 Å². The molecule has 2 aliphatic rings. The molecule has 0 aromatic heterocycles. The van der Waals surface area contributed by atoms with Gasteiger partial charge in [-0.15, -0.1) is 0 Å². The zero-order chi connectivity index (χ0) is 9.38. The summed E-state index contributed by atoms with van der Waals surface area (Å²) >= 11 is 0. The first-order chi connectivity index (χ1) is 6.93. The molecule has 0 spiro atoms. The standard InChI is InChI=1S/C11H8O3/c1-3-12-4-2-9-6-11-10(5-8(1)9)13-7-14-11/h1-6H,7H2. The summed E-state index contributed by atoms with van der Waals surface area (Å²) in [5, 5.41) is 0. The second-order valence-corrected chi connectivity index (χ2v) is 3.08. The van der Waals surface area contributed by atoms with Gasteiger partial charge in [-0.05, 0) is 35.4 Å². The van der Waals surface area contributed by atoms with Crippen molar-refractivity contribution in [3.63, 3.8) is 0 Å². The molecule has 2 heterocycles. The summed E-state index contributed by atoms with van der Waals surface area (Å²) in [4.78, 5) is 0. The normalized spacial score (nSPS) is 16.0. The maximum Gasteiger partial charge on any atom is 0.231 e. The van der Waals surface area contributed by atoms with Crippen LogP contribution in [0.25, 0.3) is 12.2 Å². The summed E-state index contributed by atoms with van der Waals surface area (Å²) in [5.74, 6) is 1.59. The van der Waals surface area contributed by atoms with E-state index in [0.717, 1.165) is 22.6 Å². The van der Waals surface area contributed by atoms with Crippen molar-refractivity contribution in [2.45, 2.75) is 0 Å². The Labute approximate surface area is 81.2 Å². The number of ether oxygens (including phenoxy) is 3. The molecular weight excluding hydrogens is 180 g/mol. The molecule has 0 saturated heterocycles. The van der Waals surface area contributed by atoms with E-state index in [1.807, 2.05) is 24.3 Å². The first-order valence-electron chi connectivity index (χ1n) is 4.36. The maximum absolute atomic E-state index is 5.28. The highest BCUT2D eigenvalue weighted by Crippen LogP contribution is 2.36. The minimum atomic E-state index is 0.308. The molecule has 0 unspecified atom stereocenters. The van der Waals surface area contributed by atoms with Gasteiger partial charge in [-0.25, -0.2) is 0 Å². The zero-order valence-corrected chi connectivity index (χ0v) is 7.40. The van der Waals surface area contributed by atoms with Crippen LogP contribution in [-0.2, 0) is 4.74 Å². The molecule has 3 nitrogen and oxygen atoms in total. The molecule has 0 atom stereocenters. The quantitative estimate of drug-likeness (QED) is 0.625. The second kappa shape index (κ2) is 2.80. The Morgan fingerprint density at radius 1 is 0.857 bits per heavy atom. The van der Waals surface area contributed by atoms with Crippen LogP contribution in [0.15, 0.2) is 24.7 Å². The van der Waals surface area contributed by atoms with Gasteiger partial charge in [0.2, 0.25) is 6.79 Å². The molecule has 0 N–H and O–H groups in total. The van der Waals surface area contributed by atoms with Crippen molar-refractivity contribution in [2.75, 3.05) is 6.79 Å². The van der Waals surface area contributed by atoms with Crippen LogP contribution in [0.5, 0.6) is 11.5 Å². The fourth-order valence-corrected chi connectivity index (χ4v) is 1.53. The van der Waals surface area contributed by atoms with Gasteiger partial charge in [0.25, 0.3) is 0 Å². The molecule has 14 heavy (non-hydrogen) atoms. The number of fused-ring (bicyclic) bond motifs is 2. The molecule has 2 aliphatic heterocycles. The highest BCUT2D eigenvalue weighted by Gasteiger charge is 2.15. The van der Waals surface area contributed by atoms with Crippen molar-refractivity contribution in [2.24, 2.45) is 0 Å². The number of rotatable bonds is 0. The van der Waals surface area contributed by atoms with Gasteiger partial charge in [-0.2, -0.15) is 0 Å². The molecule has 0 amide bonds. The zero-order valence-electron chi connectivity index (χ0n) is 7.40. The fourth-order valence-electron chi connectivity index (χ4n) is 1.53. The van der Waals surface area contributed by atoms with E-state index in [1.54, 1.807) is 12.5 Å². The summed E-state index contributed by atoms with van der Waals surface area (Å²) in [5.41, 5.74) is 2.14. The van der Waals surface area contributed by atoms with Gasteiger partial charge in [0.1, 0.15) is 0 Å². The fraction of sp³-hybridized carbons (Fsp3) is 0.0909. The molecule has 0 aliphatic carbocycles. The summed E-state index contributed by atoms with van der Waals surface area (Å²) in [6.45, 7) is 0.308. The summed E-state index contributed by atoms with van der Waals surface area (Å²) < 4.78 is 15.6. The van der Waals surface area contributed by atoms with Crippen LogP contribution in [-0.4, -0.2) is 6.79 Å². The van der Waals surface area contributed by atoms with Crippen LogP contribution >= 0.6 is 0 Å². The highest BCUT2D eigenvalue weighted by atomic mass is 16.7. The lowest BCUT2D eigenvalue weighted by Gasteiger charge is -2.01. The van der Waals surface area contributed by atoms with Crippen molar-refractivity contribution < 1.29 is 14.2 Å². The lowest BCUT2D eigenvalue weighted by atomic mass is 10.1. The Kier molecular flexibility index (Phi) is 1.50. The third kappa shape index (κ3) is 1.06. The van der Waals surface area contributed by atoms with Gasteiger partial charge in [-0.1, -0.05) is 0 Å². The minimum Gasteiger partial charge on any atom is -0.473 e. The maximum atomic E-state index is 5.28. The minimum absolute atomic E-state index is 0.308. The molecule has 1 aromatic carbocycles. The van der Waals surface area contributed by atoms with Crippen molar-refractivity contribution in [1.82, 2.24) is 0 Å². The molecule has 0 fully saturated rings. The Bertz CT molecular complexity index is 393. The van der Waals surface area contributed by atoms with Gasteiger partial charge >= 0.3 is 0 Å². The highest BCUT2D eigenvalue weighted by molar-refractivity contribution is 5.70. The predicted octanol–water partition coefficient (Wildman–Crippen LogP) is 2.39. The summed E-state index contributed by atoms with van der Waals surface area (Å²) in [7, 11) is 0. The van der Waals surface area contributed by atoms with E-state index < -0.39 is 0 Å². The van der Waals surface area contributed by atoms with Crippen LogP contribution in [0.2, 0.25) is 0 Å². The average molecular weight is 188 g/mol. The molecule has 70 valence electrons. The number of hydrogen-bond acceptors (Lipinski definition) is 3. The van der Waals surface area contributed by atoms with Gasteiger partial charge in [-0.3, -0.25) is 0 Å². The van der Waals surface area contributed by atoms with Crippen LogP contribution in [0.1, 0.15) is 11.1 Å². The largest absolute Gasteiger partial charge is 0.473 e. The van der Waals surface area contributed by atoms with Gasteiger partial charge < -0.3 is 14.2 Å². The number of benzene rings is 1. The topological polar surface area (TPSA) is 27.7 Å². The van der Waals surface area contributed by atoms with Gasteiger partial charge in [0, 0.05) is 0 Å². The molecule has 0 radical (unpaired) electrons. The van der Waals surface area contributed by atoms with Crippen molar-refractivity contribution >= 4 is 12.2 Å². The van der Waals surface area contributed by atoms with E-state index in [9.17, 15) is 0 Å². The van der Waals surface area contributed by atoms with E-state index in [1.165, 1.54) is 0 Å². The molecule has 1 aromatic rings. The lowest BCUT2D eigenvalue weighted by molar-refractivity contribution is 0.174. The molecule has 3 heteroatoms. The smallest absolute Gasteiger partial charge is 0.231 e. The second-order valence-electron chi connectivity index (χ2n) is 3.08. The van der Waals surface area contributed by atoms with E-state index >= 15 is 0 Å². The van der Waals surface area contributed by atoms with Gasteiger partial charge in [0.15, 0.2) is 11.5 Å². The van der Waals surface area contributed by atoms with Crippen molar-refractivity contribution in [1.29, 1.82) is 0 Å². The predicted molar refractivity (Wildman–Crippen MR) is 51.7 cm³/mol. The van der Waals surface area contributed by atoms with E-state index in [4.69, 9.17) is 14.2 Å². The molecular formula is C11H8O3. The summed E-state index contributed by atoms with van der Waals surface area (Å²) in [6, 6.07) is 3.90. The van der Waals surface area contributed by atoms with Crippen LogP contribution in [0, 0.1) is 0 Å². The van der Waals surface area contributed by atoms with Crippen LogP contribution < -0.4 is 9.47 Å². The Balaban J connectivity index is 2.20. The van der Waals surface area contributed by atoms with Crippen molar-refractivity contribution in [3.05, 3.63) is 35.8 Å². The Morgan fingerprint density at radius 3 is 2.00 bits per heavy atom. The van der Waals surface area contributed by atoms with E-state index in [0.29, 0.717) is 6.79 Å². The van der Waals surface area contributed by atoms with Crippen LogP contribution in [0.4, 0.5) is 0 Å². The monoisotopic (exact) mass is 188 g/mol. The molecule has 3 rings (SSSR count). The lowest BCUT2D eigenvalue weighted by Crippen LogP contribution is -1.92. The third-order valence-corrected chi connectivity index (χ3v) is 2.23. The van der Waals surface area contributed by atoms with Gasteiger partial charge in [0.05, 0.1) is 12.5 Å². The average Bonchev–Trinajstić information content (AvgIpc) is 2.51. The summed E-state index contributed by atoms with van der Waals surface area (Å²) in [6.07, 6.45) is 7.09. The van der Waals surface area contributed by atoms with Crippen LogP contribution in [0.3, 0.4) is 0 Å². The third-order valence-electron chi connectivity index (χ3n) is 2.23. The Morgan fingerprint density at radius 2 is 1.43 bits per heavy atom. The first kappa shape index (κ1) is 7.50. The SMILES string of the molecule is C1=Cc2cc3c(cc2C=CO1)OCO3.